The van der Waals surface area contributed by atoms with E-state index in [1.807, 2.05) is 60.8 Å². The minimum atomic E-state index is -0.343. The molecule has 1 aromatic carbocycles. The molecule has 2 radical (unpaired) electrons. The van der Waals surface area contributed by atoms with Crippen molar-refractivity contribution < 1.29 is 9.47 Å². The van der Waals surface area contributed by atoms with Gasteiger partial charge in [0, 0.05) is 30.5 Å². The van der Waals surface area contributed by atoms with Gasteiger partial charge in [-0.2, -0.15) is 0 Å². The quantitative estimate of drug-likeness (QED) is 0.518. The first-order chi connectivity index (χ1) is 11.2. The van der Waals surface area contributed by atoms with E-state index in [2.05, 4.69) is 10.2 Å². The summed E-state index contributed by atoms with van der Waals surface area (Å²) in [4.78, 5) is 0. The second-order valence-corrected chi connectivity index (χ2v) is 5.08. The number of fused-ring (bicyclic) bond motifs is 1. The van der Waals surface area contributed by atoms with Crippen LogP contribution in [0.2, 0.25) is 0 Å². The summed E-state index contributed by atoms with van der Waals surface area (Å²) in [7, 11) is 5.85. The van der Waals surface area contributed by atoms with Crippen molar-refractivity contribution in [1.29, 1.82) is 0 Å². The zero-order valence-corrected chi connectivity index (χ0v) is 13.3. The van der Waals surface area contributed by atoms with Crippen molar-refractivity contribution in [3.63, 3.8) is 0 Å². The SMILES string of the molecule is [B]c1ccc2nnc(-c3ccc(C(OCC)OCC)cc3)n2c1. The molecule has 0 unspecified atom stereocenters. The lowest BCUT2D eigenvalue weighted by Gasteiger charge is -2.17. The Morgan fingerprint density at radius 3 is 2.35 bits per heavy atom. The van der Waals surface area contributed by atoms with Gasteiger partial charge in [-0.3, -0.25) is 4.40 Å². The third-order valence-corrected chi connectivity index (χ3v) is 3.50. The fourth-order valence-corrected chi connectivity index (χ4v) is 2.44. The van der Waals surface area contributed by atoms with E-state index in [0.717, 1.165) is 22.6 Å². The first-order valence-electron chi connectivity index (χ1n) is 7.66. The molecule has 0 bridgehead atoms. The predicted molar refractivity (Wildman–Crippen MR) is 89.8 cm³/mol. The number of rotatable bonds is 6. The zero-order valence-electron chi connectivity index (χ0n) is 13.3. The molecule has 0 aliphatic heterocycles. The fourth-order valence-electron chi connectivity index (χ4n) is 2.44. The zero-order chi connectivity index (χ0) is 16.2. The highest BCUT2D eigenvalue weighted by Gasteiger charge is 2.13. The highest BCUT2D eigenvalue weighted by molar-refractivity contribution is 6.32. The fraction of sp³-hybridized carbons (Fsp3) is 0.294. The number of aromatic nitrogens is 3. The summed E-state index contributed by atoms with van der Waals surface area (Å²) >= 11 is 0. The van der Waals surface area contributed by atoms with Gasteiger partial charge in [0.05, 0.1) is 0 Å². The smallest absolute Gasteiger partial charge is 0.183 e. The Labute approximate surface area is 136 Å². The Bertz CT molecular complexity index is 780. The van der Waals surface area contributed by atoms with Crippen molar-refractivity contribution >= 4 is 19.0 Å². The first kappa shape index (κ1) is 15.7. The van der Waals surface area contributed by atoms with E-state index in [9.17, 15) is 0 Å². The molecule has 0 aliphatic rings. The van der Waals surface area contributed by atoms with Crippen LogP contribution in [0.5, 0.6) is 0 Å². The van der Waals surface area contributed by atoms with E-state index < -0.39 is 0 Å². The van der Waals surface area contributed by atoms with E-state index >= 15 is 0 Å². The molecule has 6 heteroatoms. The maximum Gasteiger partial charge on any atom is 0.183 e. The Hall–Kier alpha value is -2.18. The molecule has 0 aliphatic carbocycles. The molecule has 3 aromatic rings. The number of ether oxygens (including phenoxy) is 2. The molecule has 2 heterocycles. The van der Waals surface area contributed by atoms with Gasteiger partial charge in [-0.25, -0.2) is 0 Å². The summed E-state index contributed by atoms with van der Waals surface area (Å²) in [6.07, 6.45) is 1.48. The molecule has 2 aromatic heterocycles. The molecule has 0 N–H and O–H groups in total. The molecule has 3 rings (SSSR count). The average molecular weight is 307 g/mol. The van der Waals surface area contributed by atoms with Crippen molar-refractivity contribution in [2.75, 3.05) is 13.2 Å². The second kappa shape index (κ2) is 6.94. The molecule has 0 spiro atoms. The van der Waals surface area contributed by atoms with Crippen molar-refractivity contribution in [1.82, 2.24) is 14.6 Å². The van der Waals surface area contributed by atoms with Crippen LogP contribution >= 0.6 is 0 Å². The van der Waals surface area contributed by atoms with Gasteiger partial charge in [0.1, 0.15) is 7.85 Å². The van der Waals surface area contributed by atoms with Crippen LogP contribution in [0.3, 0.4) is 0 Å². The number of hydrogen-bond acceptors (Lipinski definition) is 4. The number of nitrogens with zero attached hydrogens (tertiary/aromatic N) is 3. The van der Waals surface area contributed by atoms with E-state index in [1.54, 1.807) is 0 Å². The van der Waals surface area contributed by atoms with Crippen LogP contribution in [0.4, 0.5) is 0 Å². The Morgan fingerprint density at radius 1 is 1.00 bits per heavy atom. The highest BCUT2D eigenvalue weighted by Crippen LogP contribution is 2.23. The number of pyridine rings is 1. The monoisotopic (exact) mass is 307 g/mol. The summed E-state index contributed by atoms with van der Waals surface area (Å²) in [6, 6.07) is 11.6. The van der Waals surface area contributed by atoms with Crippen molar-refractivity contribution in [2.45, 2.75) is 20.1 Å². The molecule has 0 saturated heterocycles. The van der Waals surface area contributed by atoms with Gasteiger partial charge >= 0.3 is 0 Å². The molecular weight excluding hydrogens is 289 g/mol. The maximum atomic E-state index is 5.85. The van der Waals surface area contributed by atoms with E-state index in [0.29, 0.717) is 18.7 Å². The second-order valence-electron chi connectivity index (χ2n) is 5.08. The molecular formula is C17H18BN3O2. The lowest BCUT2D eigenvalue weighted by atomic mass is 9.99. The minimum Gasteiger partial charge on any atom is -0.349 e. The normalized spacial score (nSPS) is 11.4. The topological polar surface area (TPSA) is 48.7 Å². The summed E-state index contributed by atoms with van der Waals surface area (Å²) in [5.41, 5.74) is 3.37. The van der Waals surface area contributed by atoms with Gasteiger partial charge in [0.25, 0.3) is 0 Å². The predicted octanol–water partition coefficient (Wildman–Crippen LogP) is 2.26. The van der Waals surface area contributed by atoms with E-state index in [-0.39, 0.29) is 6.29 Å². The van der Waals surface area contributed by atoms with Crippen molar-refractivity contribution in [2.24, 2.45) is 0 Å². The molecule has 0 fully saturated rings. The third kappa shape index (κ3) is 3.28. The van der Waals surface area contributed by atoms with E-state index in [4.69, 9.17) is 17.3 Å². The van der Waals surface area contributed by atoms with Crippen molar-refractivity contribution in [3.8, 4) is 11.4 Å². The standard InChI is InChI=1S/C17H18BN3O2/c1-3-22-17(23-4-2)13-7-5-12(6-8-13)16-20-19-15-10-9-14(18)11-21(15)16/h5-11,17H,3-4H2,1-2H3. The summed E-state index contributed by atoms with van der Waals surface area (Å²) in [5, 5.41) is 8.41. The summed E-state index contributed by atoms with van der Waals surface area (Å²) < 4.78 is 13.1. The van der Waals surface area contributed by atoms with Crippen LogP contribution in [0.1, 0.15) is 25.7 Å². The minimum absolute atomic E-state index is 0.343. The molecule has 0 atom stereocenters. The van der Waals surface area contributed by atoms with Gasteiger partial charge in [-0.1, -0.05) is 35.8 Å². The Balaban J connectivity index is 1.93. The van der Waals surface area contributed by atoms with Gasteiger partial charge in [0.15, 0.2) is 17.8 Å². The first-order valence-corrected chi connectivity index (χ1v) is 7.66. The highest BCUT2D eigenvalue weighted by atomic mass is 16.7. The van der Waals surface area contributed by atoms with Crippen molar-refractivity contribution in [3.05, 3.63) is 48.2 Å². The largest absolute Gasteiger partial charge is 0.349 e. The van der Waals surface area contributed by atoms with Crippen LogP contribution in [0.25, 0.3) is 17.0 Å². The Kier molecular flexibility index (Phi) is 4.74. The van der Waals surface area contributed by atoms with Crippen LogP contribution in [-0.2, 0) is 9.47 Å². The van der Waals surface area contributed by atoms with Gasteiger partial charge < -0.3 is 9.47 Å². The molecule has 0 amide bonds. The van der Waals surface area contributed by atoms with Crippen LogP contribution < -0.4 is 5.46 Å². The molecule has 116 valence electrons. The lowest BCUT2D eigenvalue weighted by molar-refractivity contribution is -0.140. The van der Waals surface area contributed by atoms with Gasteiger partial charge in [0.2, 0.25) is 0 Å². The molecule has 0 saturated carbocycles. The summed E-state index contributed by atoms with van der Waals surface area (Å²) in [5.74, 6) is 0.753. The molecule has 23 heavy (non-hydrogen) atoms. The van der Waals surface area contributed by atoms with Gasteiger partial charge in [-0.15, -0.1) is 10.2 Å². The third-order valence-electron chi connectivity index (χ3n) is 3.50. The average Bonchev–Trinajstić information content (AvgIpc) is 2.98. The Morgan fingerprint density at radius 2 is 1.70 bits per heavy atom. The van der Waals surface area contributed by atoms with E-state index in [1.165, 1.54) is 0 Å². The number of hydrogen-bond donors (Lipinski definition) is 0. The van der Waals surface area contributed by atoms with Gasteiger partial charge in [-0.05, 0) is 19.9 Å². The lowest BCUT2D eigenvalue weighted by Crippen LogP contribution is -2.08. The van der Waals surface area contributed by atoms with Crippen LogP contribution in [0.15, 0.2) is 42.6 Å². The van der Waals surface area contributed by atoms with Crippen LogP contribution in [-0.4, -0.2) is 35.7 Å². The van der Waals surface area contributed by atoms with Crippen LogP contribution in [0, 0.1) is 0 Å². The maximum absolute atomic E-state index is 5.85. The molecule has 5 nitrogen and oxygen atoms in total. The summed E-state index contributed by atoms with van der Waals surface area (Å²) in [6.45, 7) is 5.10. The number of benzene rings is 1.